The van der Waals surface area contributed by atoms with Gasteiger partial charge in [-0.3, -0.25) is 4.79 Å². The Morgan fingerprint density at radius 1 is 1.73 bits per heavy atom. The first-order valence-corrected chi connectivity index (χ1v) is 4.00. The van der Waals surface area contributed by atoms with Gasteiger partial charge in [0.2, 0.25) is 0 Å². The molecule has 1 rings (SSSR count). The van der Waals surface area contributed by atoms with Gasteiger partial charge in [0.25, 0.3) is 0 Å². The zero-order chi connectivity index (χ0) is 8.27. The minimum atomic E-state index is -0.0572. The molecule has 0 fully saturated rings. The first-order valence-electron chi connectivity index (χ1n) is 3.21. The lowest BCUT2D eigenvalue weighted by Gasteiger charge is -1.90. The summed E-state index contributed by atoms with van der Waals surface area (Å²) in [4.78, 5) is 11.1. The molecule has 11 heavy (non-hydrogen) atoms. The van der Waals surface area contributed by atoms with E-state index in [0.29, 0.717) is 18.7 Å². The Labute approximate surface area is 72.7 Å². The summed E-state index contributed by atoms with van der Waals surface area (Å²) in [6, 6.07) is 1.64. The van der Waals surface area contributed by atoms with E-state index in [0.717, 1.165) is 4.47 Å². The SMILES string of the molecule is NCCC(=O)c1cc(Br)co1. The first kappa shape index (κ1) is 8.49. The molecule has 4 heteroatoms. The van der Waals surface area contributed by atoms with E-state index in [1.54, 1.807) is 6.07 Å². The quantitative estimate of drug-likeness (QED) is 0.783. The highest BCUT2D eigenvalue weighted by Crippen LogP contribution is 2.14. The Balaban J connectivity index is 2.69. The lowest BCUT2D eigenvalue weighted by molar-refractivity contribution is 0.0958. The van der Waals surface area contributed by atoms with E-state index >= 15 is 0 Å². The van der Waals surface area contributed by atoms with Crippen LogP contribution in [0.5, 0.6) is 0 Å². The molecule has 0 radical (unpaired) electrons. The fraction of sp³-hybridized carbons (Fsp3) is 0.286. The van der Waals surface area contributed by atoms with Crippen molar-refractivity contribution >= 4 is 21.7 Å². The molecule has 3 nitrogen and oxygen atoms in total. The van der Waals surface area contributed by atoms with Crippen molar-refractivity contribution < 1.29 is 9.21 Å². The van der Waals surface area contributed by atoms with Crippen molar-refractivity contribution in [3.63, 3.8) is 0 Å². The summed E-state index contributed by atoms with van der Waals surface area (Å²) in [7, 11) is 0. The minimum Gasteiger partial charge on any atom is -0.460 e. The standard InChI is InChI=1S/C7H8BrNO2/c8-5-3-7(11-4-5)6(10)1-2-9/h3-4H,1-2,9H2. The summed E-state index contributed by atoms with van der Waals surface area (Å²) in [6.07, 6.45) is 1.81. The topological polar surface area (TPSA) is 56.2 Å². The summed E-state index contributed by atoms with van der Waals surface area (Å²) in [6.45, 7) is 0.358. The molecule has 2 N–H and O–H groups in total. The number of rotatable bonds is 3. The summed E-state index contributed by atoms with van der Waals surface area (Å²) in [5.41, 5.74) is 5.20. The molecule has 0 unspecified atom stereocenters. The Morgan fingerprint density at radius 2 is 2.45 bits per heavy atom. The molecule has 0 aliphatic heterocycles. The minimum absolute atomic E-state index is 0.0572. The molecule has 1 heterocycles. The van der Waals surface area contributed by atoms with Gasteiger partial charge in [-0.05, 0) is 22.5 Å². The average Bonchev–Trinajstić information content (AvgIpc) is 2.36. The molecule has 0 atom stereocenters. The Kier molecular flexibility index (Phi) is 2.84. The highest BCUT2D eigenvalue weighted by Gasteiger charge is 2.08. The maximum atomic E-state index is 11.1. The van der Waals surface area contributed by atoms with Gasteiger partial charge in [0.1, 0.15) is 6.26 Å². The third-order valence-corrected chi connectivity index (χ3v) is 1.63. The average molecular weight is 218 g/mol. The van der Waals surface area contributed by atoms with Crippen molar-refractivity contribution in [1.29, 1.82) is 0 Å². The van der Waals surface area contributed by atoms with Crippen molar-refractivity contribution in [1.82, 2.24) is 0 Å². The molecule has 0 aliphatic carbocycles. The van der Waals surface area contributed by atoms with Crippen molar-refractivity contribution in [2.75, 3.05) is 6.54 Å². The lowest BCUT2D eigenvalue weighted by atomic mass is 10.2. The van der Waals surface area contributed by atoms with Gasteiger partial charge in [-0.15, -0.1) is 0 Å². The first-order chi connectivity index (χ1) is 5.24. The Hall–Kier alpha value is -0.610. The molecule has 0 spiro atoms. The molecule has 0 bridgehead atoms. The summed E-state index contributed by atoms with van der Waals surface area (Å²) in [5, 5.41) is 0. The number of Topliss-reactive ketones (excluding diaryl/α,β-unsaturated/α-hetero) is 1. The van der Waals surface area contributed by atoms with Crippen LogP contribution in [0.15, 0.2) is 21.2 Å². The molecule has 0 aromatic carbocycles. The summed E-state index contributed by atoms with van der Waals surface area (Å²) < 4.78 is 5.70. The second-order valence-corrected chi connectivity index (χ2v) is 3.01. The molecule has 0 saturated carbocycles. The van der Waals surface area contributed by atoms with Crippen LogP contribution in [0.1, 0.15) is 17.0 Å². The largest absolute Gasteiger partial charge is 0.460 e. The highest BCUT2D eigenvalue weighted by molar-refractivity contribution is 9.10. The number of carbonyl (C=O) groups excluding carboxylic acids is 1. The second kappa shape index (κ2) is 3.69. The Morgan fingerprint density at radius 3 is 2.91 bits per heavy atom. The van der Waals surface area contributed by atoms with E-state index < -0.39 is 0 Å². The van der Waals surface area contributed by atoms with Crippen LogP contribution in [0.3, 0.4) is 0 Å². The lowest BCUT2D eigenvalue weighted by Crippen LogP contribution is -2.06. The number of nitrogens with two attached hydrogens (primary N) is 1. The fourth-order valence-electron chi connectivity index (χ4n) is 0.714. The van der Waals surface area contributed by atoms with Crippen LogP contribution in [0.2, 0.25) is 0 Å². The van der Waals surface area contributed by atoms with E-state index in [1.807, 2.05) is 0 Å². The van der Waals surface area contributed by atoms with Crippen molar-refractivity contribution in [2.24, 2.45) is 5.73 Å². The van der Waals surface area contributed by atoms with Crippen molar-refractivity contribution in [3.8, 4) is 0 Å². The van der Waals surface area contributed by atoms with E-state index in [2.05, 4.69) is 15.9 Å². The molecule has 1 aromatic rings. The van der Waals surface area contributed by atoms with Gasteiger partial charge in [-0.2, -0.15) is 0 Å². The van der Waals surface area contributed by atoms with Gasteiger partial charge < -0.3 is 10.2 Å². The molecular weight excluding hydrogens is 210 g/mol. The van der Waals surface area contributed by atoms with Crippen LogP contribution in [-0.2, 0) is 0 Å². The number of halogens is 1. The van der Waals surface area contributed by atoms with Crippen LogP contribution in [0.4, 0.5) is 0 Å². The second-order valence-electron chi connectivity index (χ2n) is 2.09. The van der Waals surface area contributed by atoms with Crippen LogP contribution in [0, 0.1) is 0 Å². The van der Waals surface area contributed by atoms with Gasteiger partial charge in [0.15, 0.2) is 11.5 Å². The molecule has 60 valence electrons. The number of hydrogen-bond acceptors (Lipinski definition) is 3. The normalized spacial score (nSPS) is 10.0. The summed E-state index contributed by atoms with van der Waals surface area (Å²) in [5.74, 6) is 0.306. The number of ketones is 1. The van der Waals surface area contributed by atoms with E-state index in [4.69, 9.17) is 10.2 Å². The van der Waals surface area contributed by atoms with Crippen LogP contribution >= 0.6 is 15.9 Å². The fourth-order valence-corrected chi connectivity index (χ4v) is 1.01. The van der Waals surface area contributed by atoms with E-state index in [1.165, 1.54) is 6.26 Å². The van der Waals surface area contributed by atoms with Crippen LogP contribution < -0.4 is 5.73 Å². The predicted octanol–water partition coefficient (Wildman–Crippen LogP) is 1.57. The van der Waals surface area contributed by atoms with Crippen LogP contribution in [0.25, 0.3) is 0 Å². The zero-order valence-electron chi connectivity index (χ0n) is 5.84. The smallest absolute Gasteiger partial charge is 0.199 e. The maximum absolute atomic E-state index is 11.1. The highest BCUT2D eigenvalue weighted by atomic mass is 79.9. The molecule has 0 amide bonds. The number of furan rings is 1. The Bertz CT molecular complexity index is 257. The zero-order valence-corrected chi connectivity index (χ0v) is 7.43. The van der Waals surface area contributed by atoms with Crippen molar-refractivity contribution in [3.05, 3.63) is 22.6 Å². The molecule has 0 saturated heterocycles. The third kappa shape index (κ3) is 2.17. The number of hydrogen-bond donors (Lipinski definition) is 1. The predicted molar refractivity (Wildman–Crippen MR) is 44.4 cm³/mol. The third-order valence-electron chi connectivity index (χ3n) is 1.21. The molecule has 0 aliphatic rings. The van der Waals surface area contributed by atoms with E-state index in [9.17, 15) is 4.79 Å². The van der Waals surface area contributed by atoms with Gasteiger partial charge >= 0.3 is 0 Å². The maximum Gasteiger partial charge on any atom is 0.199 e. The van der Waals surface area contributed by atoms with Gasteiger partial charge in [-0.25, -0.2) is 0 Å². The number of carbonyl (C=O) groups is 1. The van der Waals surface area contributed by atoms with Gasteiger partial charge in [-0.1, -0.05) is 0 Å². The van der Waals surface area contributed by atoms with Gasteiger partial charge in [0, 0.05) is 12.5 Å². The monoisotopic (exact) mass is 217 g/mol. The summed E-state index contributed by atoms with van der Waals surface area (Å²) >= 11 is 3.17. The van der Waals surface area contributed by atoms with Gasteiger partial charge in [0.05, 0.1) is 4.47 Å². The van der Waals surface area contributed by atoms with Crippen LogP contribution in [-0.4, -0.2) is 12.3 Å². The van der Waals surface area contributed by atoms with Crippen molar-refractivity contribution in [2.45, 2.75) is 6.42 Å². The van der Waals surface area contributed by atoms with E-state index in [-0.39, 0.29) is 5.78 Å². The molecule has 1 aromatic heterocycles. The molecular formula is C7H8BrNO2.